The molecule has 3 aliphatic rings. The number of amides is 1. The third-order valence-corrected chi connectivity index (χ3v) is 9.46. The van der Waals surface area contributed by atoms with Crippen LogP contribution < -0.4 is 4.57 Å². The van der Waals surface area contributed by atoms with Crippen molar-refractivity contribution in [3.8, 4) is 0 Å². The minimum Gasteiger partial charge on any atom is -0.477 e. The van der Waals surface area contributed by atoms with Crippen molar-refractivity contribution in [1.29, 1.82) is 0 Å². The summed E-state index contributed by atoms with van der Waals surface area (Å²) in [6.45, 7) is 4.45. The summed E-state index contributed by atoms with van der Waals surface area (Å²) in [7, 11) is 0. The average Bonchev–Trinajstić information content (AvgIpc) is 3.46. The first kappa shape index (κ1) is 20.8. The molecule has 3 N–H and O–H groups in total. The Morgan fingerprint density at radius 1 is 1.45 bits per heavy atom. The number of aliphatic hydroxyl groups excluding tert-OH is 1. The molecular weight excluding hydrogens is 462 g/mol. The van der Waals surface area contributed by atoms with E-state index in [0.717, 1.165) is 18.7 Å². The molecule has 0 aliphatic carbocycles. The van der Waals surface area contributed by atoms with E-state index in [2.05, 4.69) is 36.0 Å². The fraction of sp³-hybridized carbons (Fsp3) is 0.529. The third kappa shape index (κ3) is 3.45. The number of aryl methyl sites for hydroxylation is 1. The number of carbonyl (C=O) groups excluding carboxylic acids is 1. The van der Waals surface area contributed by atoms with Crippen molar-refractivity contribution in [2.45, 2.75) is 54.1 Å². The standard InChI is InChI=1S/C17H19N7O4S3/c1-7(25)11-13(26)24-12(15(27)28)16(31-14(11)24)30-10-3-4-22-6-23(5-9(10)22)8(2)29-17-18-20-21-19-17/h5-8,10-11,14,25H,3-4H2,1-2H3,(H-,18,19,20,21,27,28)/p+1/t7?,8?,10?,11-,14+/m0/s1. The minimum absolute atomic E-state index is 0.0424. The number of aliphatic hydroxyl groups is 1. The van der Waals surface area contributed by atoms with Crippen molar-refractivity contribution in [3.05, 3.63) is 28.2 Å². The van der Waals surface area contributed by atoms with Crippen LogP contribution in [0.4, 0.5) is 0 Å². The molecule has 2 aromatic heterocycles. The third-order valence-electron chi connectivity index (χ3n) is 5.59. The first-order valence-corrected chi connectivity index (χ1v) is 12.3. The minimum atomic E-state index is -1.11. The number of thioether (sulfide) groups is 3. The van der Waals surface area contributed by atoms with Gasteiger partial charge in [0.15, 0.2) is 16.8 Å². The number of carboxylic acid groups (broad SMARTS) is 1. The SMILES string of the molecule is CC(O)[C@H]1C(=O)N2C(C(=O)O)=C(SC3CCn4c[n+](C(C)Sc5nn[nH]n5)cc43)S[C@H]12. The molecule has 5 atom stereocenters. The van der Waals surface area contributed by atoms with E-state index in [1.54, 1.807) is 6.92 Å². The van der Waals surface area contributed by atoms with Crippen LogP contribution in [0.1, 0.15) is 36.6 Å². The lowest BCUT2D eigenvalue weighted by atomic mass is 9.92. The molecule has 0 spiro atoms. The smallest absolute Gasteiger partial charge is 0.354 e. The number of hydrogen-bond donors (Lipinski definition) is 3. The maximum Gasteiger partial charge on any atom is 0.354 e. The van der Waals surface area contributed by atoms with Gasteiger partial charge in [0.25, 0.3) is 0 Å². The topological polar surface area (TPSA) is 141 Å². The maximum absolute atomic E-state index is 12.4. The molecule has 1 fully saturated rings. The van der Waals surface area contributed by atoms with Crippen molar-refractivity contribution >= 4 is 47.2 Å². The Morgan fingerprint density at radius 3 is 2.94 bits per heavy atom. The summed E-state index contributed by atoms with van der Waals surface area (Å²) in [6, 6.07) is 0. The summed E-state index contributed by atoms with van der Waals surface area (Å²) in [5.74, 6) is -1.99. The number of rotatable bonds is 7. The van der Waals surface area contributed by atoms with Crippen LogP contribution in [0, 0.1) is 5.92 Å². The fourth-order valence-electron chi connectivity index (χ4n) is 4.04. The number of tetrazole rings is 1. The van der Waals surface area contributed by atoms with Gasteiger partial charge in [0.1, 0.15) is 11.6 Å². The molecule has 5 heterocycles. The molecule has 11 nitrogen and oxygen atoms in total. The van der Waals surface area contributed by atoms with Crippen molar-refractivity contribution < 1.29 is 24.4 Å². The van der Waals surface area contributed by atoms with E-state index in [4.69, 9.17) is 0 Å². The second kappa shape index (κ2) is 7.83. The number of imidazole rings is 1. The van der Waals surface area contributed by atoms with Gasteiger partial charge in [-0.1, -0.05) is 11.8 Å². The summed E-state index contributed by atoms with van der Waals surface area (Å²) in [5, 5.41) is 34.0. The number of hydrogen-bond acceptors (Lipinski definition) is 9. The number of β-lactam (4-membered cyclic amide) rings is 1. The molecule has 2 aromatic rings. The largest absolute Gasteiger partial charge is 0.477 e. The summed E-state index contributed by atoms with van der Waals surface area (Å²) < 4.78 is 4.89. The van der Waals surface area contributed by atoms with Gasteiger partial charge in [-0.05, 0) is 30.8 Å². The monoisotopic (exact) mass is 482 g/mol. The molecule has 1 amide bonds. The van der Waals surface area contributed by atoms with Crippen LogP contribution in [-0.2, 0) is 16.1 Å². The maximum atomic E-state index is 12.4. The second-order valence-corrected chi connectivity index (χ2v) is 11.4. The summed E-state index contributed by atoms with van der Waals surface area (Å²) >= 11 is 4.35. The van der Waals surface area contributed by atoms with Gasteiger partial charge in [-0.15, -0.1) is 22.0 Å². The van der Waals surface area contributed by atoms with E-state index in [9.17, 15) is 19.8 Å². The predicted octanol–water partition coefficient (Wildman–Crippen LogP) is 0.943. The highest BCUT2D eigenvalue weighted by Gasteiger charge is 2.58. The zero-order valence-electron chi connectivity index (χ0n) is 16.6. The summed E-state index contributed by atoms with van der Waals surface area (Å²) in [4.78, 5) is 25.6. The number of carboxylic acids is 1. The van der Waals surface area contributed by atoms with Crippen LogP contribution in [0.15, 0.2) is 27.6 Å². The van der Waals surface area contributed by atoms with Gasteiger partial charge in [-0.2, -0.15) is 5.21 Å². The van der Waals surface area contributed by atoms with Crippen molar-refractivity contribution in [2.75, 3.05) is 0 Å². The fourth-order valence-corrected chi connectivity index (χ4v) is 8.05. The lowest BCUT2D eigenvalue weighted by Crippen LogP contribution is -2.60. The van der Waals surface area contributed by atoms with E-state index in [0.29, 0.717) is 9.39 Å². The van der Waals surface area contributed by atoms with Gasteiger partial charge in [0.2, 0.25) is 17.4 Å². The number of carbonyl (C=O) groups is 2. The lowest BCUT2D eigenvalue weighted by molar-refractivity contribution is -0.696. The molecule has 1 saturated heterocycles. The molecule has 31 heavy (non-hydrogen) atoms. The van der Waals surface area contributed by atoms with E-state index in [1.807, 2.05) is 13.3 Å². The lowest BCUT2D eigenvalue weighted by Gasteiger charge is -2.43. The molecule has 3 aliphatic heterocycles. The van der Waals surface area contributed by atoms with Gasteiger partial charge in [0.05, 0.1) is 28.1 Å². The predicted molar refractivity (Wildman–Crippen MR) is 112 cm³/mol. The summed E-state index contributed by atoms with van der Waals surface area (Å²) in [5.41, 5.74) is 1.15. The van der Waals surface area contributed by atoms with Gasteiger partial charge in [-0.25, -0.2) is 13.9 Å². The van der Waals surface area contributed by atoms with Crippen LogP contribution in [0.2, 0.25) is 0 Å². The molecule has 3 unspecified atom stereocenters. The van der Waals surface area contributed by atoms with E-state index in [1.165, 1.54) is 40.2 Å². The number of aromatic nitrogens is 6. The number of aromatic amines is 1. The number of H-pyrrole nitrogens is 1. The van der Waals surface area contributed by atoms with E-state index < -0.39 is 18.0 Å². The molecule has 0 radical (unpaired) electrons. The Balaban J connectivity index is 1.35. The number of nitrogens with zero attached hydrogens (tertiary/aromatic N) is 6. The Kier molecular flexibility index (Phi) is 5.27. The molecular formula is C17H20N7O4S3+. The van der Waals surface area contributed by atoms with Crippen LogP contribution in [0.25, 0.3) is 0 Å². The highest BCUT2D eigenvalue weighted by Crippen LogP contribution is 2.57. The highest BCUT2D eigenvalue weighted by atomic mass is 32.2. The highest BCUT2D eigenvalue weighted by molar-refractivity contribution is 8.22. The Labute approximate surface area is 189 Å². The number of fused-ring (bicyclic) bond motifs is 2. The molecule has 164 valence electrons. The molecule has 0 bridgehead atoms. The normalized spacial score (nSPS) is 26.6. The van der Waals surface area contributed by atoms with Crippen LogP contribution in [0.5, 0.6) is 0 Å². The first-order chi connectivity index (χ1) is 14.8. The van der Waals surface area contributed by atoms with E-state index in [-0.39, 0.29) is 27.6 Å². The average molecular weight is 483 g/mol. The van der Waals surface area contributed by atoms with Crippen molar-refractivity contribution in [2.24, 2.45) is 5.92 Å². The van der Waals surface area contributed by atoms with Gasteiger partial charge < -0.3 is 10.2 Å². The van der Waals surface area contributed by atoms with Crippen molar-refractivity contribution in [1.82, 2.24) is 30.1 Å². The summed E-state index contributed by atoms with van der Waals surface area (Å²) in [6.07, 6.45) is 4.19. The molecule has 0 aromatic carbocycles. The zero-order valence-corrected chi connectivity index (χ0v) is 19.0. The molecule has 0 saturated carbocycles. The zero-order chi connectivity index (χ0) is 21.9. The number of aliphatic carboxylic acids is 1. The molecule has 14 heteroatoms. The first-order valence-electron chi connectivity index (χ1n) is 9.68. The van der Waals surface area contributed by atoms with Crippen LogP contribution >= 0.6 is 35.3 Å². The quantitative estimate of drug-likeness (QED) is 0.297. The Bertz CT molecular complexity index is 1070. The van der Waals surface area contributed by atoms with Crippen molar-refractivity contribution in [3.63, 3.8) is 0 Å². The molecule has 5 rings (SSSR count). The van der Waals surface area contributed by atoms with Crippen LogP contribution in [-0.4, -0.2) is 63.7 Å². The van der Waals surface area contributed by atoms with Gasteiger partial charge >= 0.3 is 5.97 Å². The number of nitrogens with one attached hydrogen (secondary N) is 1. The van der Waals surface area contributed by atoms with Gasteiger partial charge in [-0.3, -0.25) is 9.69 Å². The Hall–Kier alpha value is -2.03. The van der Waals surface area contributed by atoms with Gasteiger partial charge in [0, 0.05) is 6.42 Å². The second-order valence-electron chi connectivity index (χ2n) is 7.54. The Morgan fingerprint density at radius 2 is 2.26 bits per heavy atom. The van der Waals surface area contributed by atoms with Crippen LogP contribution in [0.3, 0.4) is 0 Å². The van der Waals surface area contributed by atoms with E-state index >= 15 is 0 Å².